The molecule has 6 nitrogen and oxygen atoms in total. The molecule has 0 aliphatic carbocycles. The molecule has 2 atom stereocenters. The highest BCUT2D eigenvalue weighted by atomic mass is 16.6. The Labute approximate surface area is 141 Å². The number of likely N-dealkylation sites (tertiary alicyclic amines) is 1. The normalized spacial score (nSPS) is 22.7. The van der Waals surface area contributed by atoms with Crippen molar-refractivity contribution in [1.29, 1.82) is 0 Å². The Morgan fingerprint density at radius 2 is 2.08 bits per heavy atom. The molecular formula is C18H22N2O4. The smallest absolute Gasteiger partial charge is 0.340 e. The Bertz CT molecular complexity index is 671. The van der Waals surface area contributed by atoms with Crippen molar-refractivity contribution in [3.8, 4) is 0 Å². The molecule has 0 spiro atoms. The van der Waals surface area contributed by atoms with Crippen molar-refractivity contribution in [3.05, 3.63) is 35.4 Å². The van der Waals surface area contributed by atoms with Crippen molar-refractivity contribution in [2.24, 2.45) is 5.92 Å². The molecule has 2 aliphatic rings. The standard InChI is InChI=1S/C18H22N2O4/c1-11(2)9-10-19-16(22)14-7-8-15(21)20(14)17-12-5-3-4-6-13(12)18(23)24-17/h3-6,11,14,17H,7-10H2,1-2H3,(H,19,22)/t14-,17+/m1/s1. The zero-order valence-corrected chi connectivity index (χ0v) is 14.0. The van der Waals surface area contributed by atoms with Crippen LogP contribution in [0.2, 0.25) is 0 Å². The molecule has 1 saturated heterocycles. The number of hydrogen-bond acceptors (Lipinski definition) is 4. The average molecular weight is 330 g/mol. The molecule has 2 heterocycles. The SMILES string of the molecule is CC(C)CCNC(=O)[C@H]1CCC(=O)N1[C@H]1OC(=O)c2ccccc21. The van der Waals surface area contributed by atoms with E-state index in [0.29, 0.717) is 36.4 Å². The van der Waals surface area contributed by atoms with Crippen LogP contribution in [0.15, 0.2) is 24.3 Å². The number of fused-ring (bicyclic) bond motifs is 1. The summed E-state index contributed by atoms with van der Waals surface area (Å²) in [7, 11) is 0. The van der Waals surface area contributed by atoms with Gasteiger partial charge in [0.2, 0.25) is 18.0 Å². The first-order valence-electron chi connectivity index (χ1n) is 8.38. The van der Waals surface area contributed by atoms with Gasteiger partial charge in [-0.05, 0) is 24.8 Å². The third-order valence-corrected chi connectivity index (χ3v) is 4.50. The summed E-state index contributed by atoms with van der Waals surface area (Å²) in [6, 6.07) is 6.41. The zero-order chi connectivity index (χ0) is 17.3. The van der Waals surface area contributed by atoms with Crippen LogP contribution in [0.4, 0.5) is 0 Å². The van der Waals surface area contributed by atoms with E-state index in [4.69, 9.17) is 4.74 Å². The van der Waals surface area contributed by atoms with Crippen molar-refractivity contribution in [2.75, 3.05) is 6.54 Å². The fourth-order valence-electron chi connectivity index (χ4n) is 3.19. The predicted octanol–water partition coefficient (Wildman–Crippen LogP) is 2.01. The van der Waals surface area contributed by atoms with Gasteiger partial charge in [-0.1, -0.05) is 32.0 Å². The van der Waals surface area contributed by atoms with E-state index in [1.807, 2.05) is 0 Å². The second-order valence-corrected chi connectivity index (χ2v) is 6.67. The number of nitrogens with zero attached hydrogens (tertiary/aromatic N) is 1. The molecule has 2 amide bonds. The first-order valence-corrected chi connectivity index (χ1v) is 8.38. The lowest BCUT2D eigenvalue weighted by molar-refractivity contribution is -0.145. The molecule has 2 aliphatic heterocycles. The van der Waals surface area contributed by atoms with Crippen molar-refractivity contribution in [1.82, 2.24) is 10.2 Å². The highest BCUT2D eigenvalue weighted by Gasteiger charge is 2.46. The van der Waals surface area contributed by atoms with Crippen LogP contribution in [0.25, 0.3) is 0 Å². The maximum absolute atomic E-state index is 12.5. The molecule has 1 aromatic carbocycles. The molecule has 0 radical (unpaired) electrons. The molecule has 0 bridgehead atoms. The minimum Gasteiger partial charge on any atom is -0.433 e. The molecule has 3 rings (SSSR count). The minimum absolute atomic E-state index is 0.159. The number of carbonyl (C=O) groups is 3. The fraction of sp³-hybridized carbons (Fsp3) is 0.500. The summed E-state index contributed by atoms with van der Waals surface area (Å²) in [4.78, 5) is 38.2. The van der Waals surface area contributed by atoms with Crippen molar-refractivity contribution in [2.45, 2.75) is 45.4 Å². The summed E-state index contributed by atoms with van der Waals surface area (Å²) in [5, 5.41) is 2.89. The Morgan fingerprint density at radius 1 is 1.33 bits per heavy atom. The summed E-state index contributed by atoms with van der Waals surface area (Å²) in [6.45, 7) is 4.76. The number of esters is 1. The highest BCUT2D eigenvalue weighted by molar-refractivity contribution is 5.96. The van der Waals surface area contributed by atoms with E-state index < -0.39 is 18.2 Å². The zero-order valence-electron chi connectivity index (χ0n) is 14.0. The number of ether oxygens (including phenoxy) is 1. The monoisotopic (exact) mass is 330 g/mol. The molecule has 0 aromatic heterocycles. The van der Waals surface area contributed by atoms with Crippen molar-refractivity contribution >= 4 is 17.8 Å². The van der Waals surface area contributed by atoms with Gasteiger partial charge in [0.25, 0.3) is 0 Å². The van der Waals surface area contributed by atoms with Crippen LogP contribution in [0.1, 0.15) is 55.3 Å². The lowest BCUT2D eigenvalue weighted by Crippen LogP contribution is -2.46. The van der Waals surface area contributed by atoms with Gasteiger partial charge < -0.3 is 10.1 Å². The van der Waals surface area contributed by atoms with Gasteiger partial charge in [-0.2, -0.15) is 0 Å². The number of cyclic esters (lactones) is 1. The maximum atomic E-state index is 12.5. The molecule has 24 heavy (non-hydrogen) atoms. The number of rotatable bonds is 5. The van der Waals surface area contributed by atoms with Gasteiger partial charge in [0.05, 0.1) is 5.56 Å². The van der Waals surface area contributed by atoms with Crippen molar-refractivity contribution < 1.29 is 19.1 Å². The summed E-state index contributed by atoms with van der Waals surface area (Å²) in [6.07, 6.45) is 0.818. The van der Waals surface area contributed by atoms with Gasteiger partial charge in [-0.3, -0.25) is 14.5 Å². The topological polar surface area (TPSA) is 75.7 Å². The number of nitrogens with one attached hydrogen (secondary N) is 1. The van der Waals surface area contributed by atoms with E-state index in [-0.39, 0.29) is 11.8 Å². The van der Waals surface area contributed by atoms with Gasteiger partial charge in [-0.15, -0.1) is 0 Å². The third kappa shape index (κ3) is 3.00. The average Bonchev–Trinajstić information content (AvgIpc) is 3.08. The first-order chi connectivity index (χ1) is 11.5. The van der Waals surface area contributed by atoms with E-state index in [2.05, 4.69) is 19.2 Å². The Balaban J connectivity index is 1.77. The van der Waals surface area contributed by atoms with E-state index >= 15 is 0 Å². The van der Waals surface area contributed by atoms with Crippen LogP contribution >= 0.6 is 0 Å². The van der Waals surface area contributed by atoms with Crippen LogP contribution in [0.5, 0.6) is 0 Å². The van der Waals surface area contributed by atoms with Crippen LogP contribution in [0.3, 0.4) is 0 Å². The number of carbonyl (C=O) groups excluding carboxylic acids is 3. The maximum Gasteiger partial charge on any atom is 0.340 e. The van der Waals surface area contributed by atoms with Crippen LogP contribution in [-0.4, -0.2) is 35.3 Å². The quantitative estimate of drug-likeness (QED) is 0.838. The largest absolute Gasteiger partial charge is 0.433 e. The predicted molar refractivity (Wildman–Crippen MR) is 86.9 cm³/mol. The number of hydrogen-bond donors (Lipinski definition) is 1. The van der Waals surface area contributed by atoms with Crippen LogP contribution < -0.4 is 5.32 Å². The summed E-state index contributed by atoms with van der Waals surface area (Å²) in [5.41, 5.74) is 1.11. The molecular weight excluding hydrogens is 308 g/mol. The van der Waals surface area contributed by atoms with Gasteiger partial charge >= 0.3 is 5.97 Å². The molecule has 6 heteroatoms. The number of amides is 2. The molecule has 1 fully saturated rings. The second-order valence-electron chi connectivity index (χ2n) is 6.67. The molecule has 128 valence electrons. The van der Waals surface area contributed by atoms with Crippen molar-refractivity contribution in [3.63, 3.8) is 0 Å². The Hall–Kier alpha value is -2.37. The Kier molecular flexibility index (Phi) is 4.55. The van der Waals surface area contributed by atoms with Gasteiger partial charge in [-0.25, -0.2) is 4.79 Å². The third-order valence-electron chi connectivity index (χ3n) is 4.50. The van der Waals surface area contributed by atoms with Gasteiger partial charge in [0.15, 0.2) is 0 Å². The lowest BCUT2D eigenvalue weighted by atomic mass is 10.1. The summed E-state index contributed by atoms with van der Waals surface area (Å²) in [5.74, 6) is -0.293. The van der Waals surface area contributed by atoms with E-state index in [9.17, 15) is 14.4 Å². The molecule has 0 saturated carbocycles. The minimum atomic E-state index is -0.801. The van der Waals surface area contributed by atoms with E-state index in [0.717, 1.165) is 6.42 Å². The van der Waals surface area contributed by atoms with Crippen LogP contribution in [-0.2, 0) is 14.3 Å². The first kappa shape index (κ1) is 16.5. The molecule has 1 aromatic rings. The second kappa shape index (κ2) is 6.63. The lowest BCUT2D eigenvalue weighted by Gasteiger charge is -2.29. The Morgan fingerprint density at radius 3 is 2.83 bits per heavy atom. The number of benzene rings is 1. The van der Waals surface area contributed by atoms with Crippen LogP contribution in [0, 0.1) is 5.92 Å². The molecule has 0 unspecified atom stereocenters. The van der Waals surface area contributed by atoms with Gasteiger partial charge in [0, 0.05) is 18.5 Å². The van der Waals surface area contributed by atoms with E-state index in [1.165, 1.54) is 4.90 Å². The van der Waals surface area contributed by atoms with E-state index in [1.54, 1.807) is 24.3 Å². The summed E-state index contributed by atoms with van der Waals surface area (Å²) < 4.78 is 5.40. The van der Waals surface area contributed by atoms with Gasteiger partial charge in [0.1, 0.15) is 6.04 Å². The highest BCUT2D eigenvalue weighted by Crippen LogP contribution is 2.38. The fourth-order valence-corrected chi connectivity index (χ4v) is 3.19. The molecule has 1 N–H and O–H groups in total. The summed E-state index contributed by atoms with van der Waals surface area (Å²) >= 11 is 0.